The Hall–Kier alpha value is -1.81. The molecule has 20 heavy (non-hydrogen) atoms. The maximum absolute atomic E-state index is 5.50. The van der Waals surface area contributed by atoms with Crippen molar-refractivity contribution in [3.63, 3.8) is 0 Å². The number of nitrogens with one attached hydrogen (secondary N) is 1. The van der Waals surface area contributed by atoms with E-state index < -0.39 is 0 Å². The van der Waals surface area contributed by atoms with Crippen molar-refractivity contribution in [3.8, 4) is 5.75 Å². The first-order chi connectivity index (χ1) is 9.85. The number of benzene rings is 1. The Morgan fingerprint density at radius 2 is 2.35 bits per heavy atom. The molecule has 3 rings (SSSR count). The van der Waals surface area contributed by atoms with Gasteiger partial charge in [-0.15, -0.1) is 0 Å². The number of fused-ring (bicyclic) bond motifs is 1. The van der Waals surface area contributed by atoms with E-state index in [1.807, 2.05) is 12.3 Å². The summed E-state index contributed by atoms with van der Waals surface area (Å²) in [6.45, 7) is 4.15. The lowest BCUT2D eigenvalue weighted by Gasteiger charge is -2.28. The van der Waals surface area contributed by atoms with Crippen LogP contribution in [0.5, 0.6) is 5.75 Å². The largest absolute Gasteiger partial charge is 0.496 e. The molecule has 1 aromatic carbocycles. The second-order valence-electron chi connectivity index (χ2n) is 5.14. The molecule has 0 aliphatic carbocycles. The standard InChI is InChI=1S/C16H21N3O/c1-3-10-19-11-9-18-16(19)15-13-5-4-6-14(20-2)12(13)7-8-17-15/h4-6,9,11,15,17H,3,7-8,10H2,1-2H3. The molecule has 4 nitrogen and oxygen atoms in total. The van der Waals surface area contributed by atoms with E-state index in [2.05, 4.69) is 40.1 Å². The zero-order valence-electron chi connectivity index (χ0n) is 12.1. The van der Waals surface area contributed by atoms with Gasteiger partial charge in [-0.25, -0.2) is 4.98 Å². The Balaban J connectivity index is 2.03. The fourth-order valence-corrected chi connectivity index (χ4v) is 3.00. The summed E-state index contributed by atoms with van der Waals surface area (Å²) in [5.74, 6) is 2.09. The first-order valence-corrected chi connectivity index (χ1v) is 7.25. The first kappa shape index (κ1) is 13.2. The van der Waals surface area contributed by atoms with E-state index in [1.165, 1.54) is 11.1 Å². The highest BCUT2D eigenvalue weighted by molar-refractivity contribution is 5.45. The van der Waals surface area contributed by atoms with Gasteiger partial charge in [-0.05, 0) is 24.5 Å². The zero-order valence-corrected chi connectivity index (χ0v) is 12.1. The summed E-state index contributed by atoms with van der Waals surface area (Å²) in [6, 6.07) is 6.44. The molecule has 1 N–H and O–H groups in total. The third-order valence-electron chi connectivity index (χ3n) is 3.89. The van der Waals surface area contributed by atoms with Crippen molar-refractivity contribution < 1.29 is 4.74 Å². The third-order valence-corrected chi connectivity index (χ3v) is 3.89. The Labute approximate surface area is 119 Å². The molecule has 0 saturated heterocycles. The summed E-state index contributed by atoms with van der Waals surface area (Å²) in [7, 11) is 1.74. The maximum Gasteiger partial charge on any atom is 0.130 e. The van der Waals surface area contributed by atoms with Gasteiger partial charge in [-0.3, -0.25) is 0 Å². The minimum absolute atomic E-state index is 0.162. The first-order valence-electron chi connectivity index (χ1n) is 7.25. The van der Waals surface area contributed by atoms with Gasteiger partial charge in [0.25, 0.3) is 0 Å². The van der Waals surface area contributed by atoms with Crippen LogP contribution in [0.25, 0.3) is 0 Å². The molecule has 2 aromatic rings. The van der Waals surface area contributed by atoms with Crippen molar-refractivity contribution in [2.75, 3.05) is 13.7 Å². The van der Waals surface area contributed by atoms with Crippen LogP contribution in [0.15, 0.2) is 30.6 Å². The second-order valence-corrected chi connectivity index (χ2v) is 5.14. The van der Waals surface area contributed by atoms with Gasteiger partial charge in [0, 0.05) is 31.0 Å². The van der Waals surface area contributed by atoms with E-state index in [-0.39, 0.29) is 6.04 Å². The number of aromatic nitrogens is 2. The number of nitrogens with zero attached hydrogens (tertiary/aromatic N) is 2. The molecule has 0 bridgehead atoms. The number of methoxy groups -OCH3 is 1. The monoisotopic (exact) mass is 271 g/mol. The van der Waals surface area contributed by atoms with Crippen LogP contribution in [0, 0.1) is 0 Å². The number of imidazole rings is 1. The van der Waals surface area contributed by atoms with Crippen LogP contribution in [0.1, 0.15) is 36.3 Å². The molecule has 0 radical (unpaired) electrons. The summed E-state index contributed by atoms with van der Waals surface area (Å²) in [5.41, 5.74) is 2.60. The van der Waals surface area contributed by atoms with Crippen LogP contribution in [0.3, 0.4) is 0 Å². The van der Waals surface area contributed by atoms with E-state index in [0.717, 1.165) is 37.5 Å². The lowest BCUT2D eigenvalue weighted by atomic mass is 9.93. The smallest absolute Gasteiger partial charge is 0.130 e. The summed E-state index contributed by atoms with van der Waals surface area (Å²) in [6.07, 6.45) is 6.07. The summed E-state index contributed by atoms with van der Waals surface area (Å²) >= 11 is 0. The molecule has 0 saturated carbocycles. The normalized spacial score (nSPS) is 17.8. The summed E-state index contributed by atoms with van der Waals surface area (Å²) in [5, 5.41) is 3.59. The molecule has 4 heteroatoms. The molecule has 1 atom stereocenters. The molecule has 1 unspecified atom stereocenters. The maximum atomic E-state index is 5.50. The van der Waals surface area contributed by atoms with Crippen LogP contribution in [0.2, 0.25) is 0 Å². The summed E-state index contributed by atoms with van der Waals surface area (Å²) < 4.78 is 7.74. The average Bonchev–Trinajstić information content (AvgIpc) is 2.94. The van der Waals surface area contributed by atoms with Gasteiger partial charge in [-0.1, -0.05) is 19.1 Å². The lowest BCUT2D eigenvalue weighted by Crippen LogP contribution is -2.32. The highest BCUT2D eigenvalue weighted by Gasteiger charge is 2.26. The minimum Gasteiger partial charge on any atom is -0.496 e. The molecule has 1 aliphatic heterocycles. The van der Waals surface area contributed by atoms with Crippen LogP contribution < -0.4 is 10.1 Å². The Kier molecular flexibility index (Phi) is 3.74. The van der Waals surface area contributed by atoms with Gasteiger partial charge in [0.05, 0.1) is 13.2 Å². The number of hydrogen-bond donors (Lipinski definition) is 1. The zero-order chi connectivity index (χ0) is 13.9. The minimum atomic E-state index is 0.162. The Bertz CT molecular complexity index is 591. The molecular formula is C16H21N3O. The van der Waals surface area contributed by atoms with E-state index in [9.17, 15) is 0 Å². The van der Waals surface area contributed by atoms with E-state index in [4.69, 9.17) is 4.74 Å². The van der Waals surface area contributed by atoms with Crippen LogP contribution in [-0.4, -0.2) is 23.2 Å². The molecule has 0 spiro atoms. The van der Waals surface area contributed by atoms with Crippen molar-refractivity contribution in [2.24, 2.45) is 0 Å². The van der Waals surface area contributed by atoms with Crippen molar-refractivity contribution in [3.05, 3.63) is 47.5 Å². The average molecular weight is 271 g/mol. The number of ether oxygens (including phenoxy) is 1. The SMILES string of the molecule is CCCn1ccnc1C1NCCc2c(OC)cccc21. The fourth-order valence-electron chi connectivity index (χ4n) is 3.00. The van der Waals surface area contributed by atoms with Gasteiger partial charge in [0.15, 0.2) is 0 Å². The Morgan fingerprint density at radius 1 is 1.45 bits per heavy atom. The fraction of sp³-hybridized carbons (Fsp3) is 0.438. The summed E-state index contributed by atoms with van der Waals surface area (Å²) in [4.78, 5) is 4.57. The van der Waals surface area contributed by atoms with Crippen molar-refractivity contribution in [2.45, 2.75) is 32.4 Å². The predicted octanol–water partition coefficient (Wildman–Crippen LogP) is 2.54. The topological polar surface area (TPSA) is 39.1 Å². The number of rotatable bonds is 4. The lowest BCUT2D eigenvalue weighted by molar-refractivity contribution is 0.402. The molecule has 106 valence electrons. The van der Waals surface area contributed by atoms with Gasteiger partial charge >= 0.3 is 0 Å². The quantitative estimate of drug-likeness (QED) is 0.929. The molecule has 1 aromatic heterocycles. The second kappa shape index (κ2) is 5.67. The van der Waals surface area contributed by atoms with Gasteiger partial charge < -0.3 is 14.6 Å². The molecular weight excluding hydrogens is 250 g/mol. The van der Waals surface area contributed by atoms with Crippen molar-refractivity contribution in [1.29, 1.82) is 0 Å². The highest BCUT2D eigenvalue weighted by Crippen LogP contribution is 2.33. The molecule has 1 aliphatic rings. The van der Waals surface area contributed by atoms with E-state index in [1.54, 1.807) is 7.11 Å². The van der Waals surface area contributed by atoms with E-state index in [0.29, 0.717) is 0 Å². The van der Waals surface area contributed by atoms with Crippen LogP contribution in [-0.2, 0) is 13.0 Å². The van der Waals surface area contributed by atoms with Crippen molar-refractivity contribution in [1.82, 2.24) is 14.9 Å². The molecule has 2 heterocycles. The van der Waals surface area contributed by atoms with Gasteiger partial charge in [0.1, 0.15) is 11.6 Å². The molecule has 0 amide bonds. The molecule has 0 fully saturated rings. The third kappa shape index (κ3) is 2.20. The van der Waals surface area contributed by atoms with Gasteiger partial charge in [-0.2, -0.15) is 0 Å². The number of hydrogen-bond acceptors (Lipinski definition) is 3. The Morgan fingerprint density at radius 3 is 3.15 bits per heavy atom. The van der Waals surface area contributed by atoms with E-state index >= 15 is 0 Å². The van der Waals surface area contributed by atoms with Crippen molar-refractivity contribution >= 4 is 0 Å². The van der Waals surface area contributed by atoms with Crippen LogP contribution in [0.4, 0.5) is 0 Å². The van der Waals surface area contributed by atoms with Gasteiger partial charge in [0.2, 0.25) is 0 Å². The number of aryl methyl sites for hydroxylation is 1. The predicted molar refractivity (Wildman–Crippen MR) is 79.1 cm³/mol. The highest BCUT2D eigenvalue weighted by atomic mass is 16.5. The van der Waals surface area contributed by atoms with Crippen LogP contribution >= 0.6 is 0 Å².